The van der Waals surface area contributed by atoms with Gasteiger partial charge in [-0.3, -0.25) is 4.79 Å². The maximum absolute atomic E-state index is 12.3. The monoisotopic (exact) mass is 342 g/mol. The number of aromatic amines is 1. The van der Waals surface area contributed by atoms with Gasteiger partial charge >= 0.3 is 0 Å². The summed E-state index contributed by atoms with van der Waals surface area (Å²) in [5, 5.41) is 5.66. The van der Waals surface area contributed by atoms with Gasteiger partial charge in [-0.25, -0.2) is 4.98 Å². The van der Waals surface area contributed by atoms with Gasteiger partial charge in [-0.15, -0.1) is 11.3 Å². The Morgan fingerprint density at radius 2 is 2.00 bits per heavy atom. The van der Waals surface area contributed by atoms with Crippen LogP contribution in [0.1, 0.15) is 4.88 Å². The van der Waals surface area contributed by atoms with Crippen molar-refractivity contribution >= 4 is 28.6 Å². The lowest BCUT2D eigenvalue weighted by Gasteiger charge is -2.04. The van der Waals surface area contributed by atoms with E-state index in [4.69, 9.17) is 11.6 Å². The highest BCUT2D eigenvalue weighted by Gasteiger charge is 2.13. The van der Waals surface area contributed by atoms with Crippen LogP contribution in [-0.2, 0) is 0 Å². The molecule has 0 aliphatic heterocycles. The molecule has 4 rings (SSSR count). The third kappa shape index (κ3) is 2.46. The zero-order chi connectivity index (χ0) is 16.0. The molecule has 4 aromatic rings. The third-order valence-electron chi connectivity index (χ3n) is 3.51. The van der Waals surface area contributed by atoms with Crippen LogP contribution in [0.4, 0.5) is 0 Å². The van der Waals surface area contributed by atoms with Gasteiger partial charge < -0.3 is 4.98 Å². The van der Waals surface area contributed by atoms with Crippen LogP contribution in [0, 0.1) is 6.92 Å². The van der Waals surface area contributed by atoms with Crippen molar-refractivity contribution in [3.63, 3.8) is 0 Å². The Hall–Kier alpha value is -2.44. The fourth-order valence-electron chi connectivity index (χ4n) is 2.40. The number of H-pyrrole nitrogens is 1. The molecule has 0 aliphatic rings. The Kier molecular flexibility index (Phi) is 3.28. The van der Waals surface area contributed by atoms with Gasteiger partial charge in [0.05, 0.1) is 17.5 Å². The Balaban J connectivity index is 1.95. The first kappa shape index (κ1) is 14.2. The summed E-state index contributed by atoms with van der Waals surface area (Å²) >= 11 is 7.49. The average molecular weight is 343 g/mol. The zero-order valence-corrected chi connectivity index (χ0v) is 13.6. The number of rotatable bonds is 2. The molecule has 1 aromatic carbocycles. The van der Waals surface area contributed by atoms with Crippen LogP contribution in [0.2, 0.25) is 5.02 Å². The molecule has 0 atom stereocenters. The number of thiazole rings is 1. The lowest BCUT2D eigenvalue weighted by molar-refractivity contribution is 0.901. The molecule has 0 bridgehead atoms. The fraction of sp³-hybridized carbons (Fsp3) is 0.0625. The minimum atomic E-state index is -0.191. The lowest BCUT2D eigenvalue weighted by Crippen LogP contribution is -2.14. The number of hydrogen-bond acceptors (Lipinski definition) is 4. The van der Waals surface area contributed by atoms with Gasteiger partial charge in [-0.2, -0.15) is 9.61 Å². The van der Waals surface area contributed by atoms with Crippen molar-refractivity contribution < 1.29 is 0 Å². The zero-order valence-electron chi connectivity index (χ0n) is 12.1. The lowest BCUT2D eigenvalue weighted by atomic mass is 10.1. The van der Waals surface area contributed by atoms with Crippen LogP contribution in [0.15, 0.2) is 47.5 Å². The smallest absolute Gasteiger partial charge is 0.274 e. The van der Waals surface area contributed by atoms with E-state index in [-0.39, 0.29) is 5.56 Å². The van der Waals surface area contributed by atoms with E-state index in [9.17, 15) is 4.79 Å². The van der Waals surface area contributed by atoms with Crippen molar-refractivity contribution in [3.8, 4) is 21.8 Å². The summed E-state index contributed by atoms with van der Waals surface area (Å²) < 4.78 is 1.35. The second-order valence-corrected chi connectivity index (χ2v) is 6.79. The van der Waals surface area contributed by atoms with Gasteiger partial charge in [0.1, 0.15) is 10.7 Å². The average Bonchev–Trinajstić information content (AvgIpc) is 3.14. The molecule has 0 radical (unpaired) electrons. The van der Waals surface area contributed by atoms with E-state index in [1.807, 2.05) is 25.3 Å². The molecule has 7 heteroatoms. The van der Waals surface area contributed by atoms with Gasteiger partial charge in [-0.05, 0) is 24.6 Å². The molecular weight excluding hydrogens is 332 g/mol. The summed E-state index contributed by atoms with van der Waals surface area (Å²) in [5.74, 6) is 0. The largest absolute Gasteiger partial charge is 0.339 e. The number of nitrogens with zero attached hydrogens (tertiary/aromatic N) is 3. The maximum atomic E-state index is 12.3. The molecule has 3 heterocycles. The van der Waals surface area contributed by atoms with E-state index in [0.717, 1.165) is 21.0 Å². The van der Waals surface area contributed by atoms with Crippen LogP contribution in [0.3, 0.4) is 0 Å². The summed E-state index contributed by atoms with van der Waals surface area (Å²) in [5.41, 5.74) is 2.86. The van der Waals surface area contributed by atoms with E-state index in [2.05, 4.69) is 15.1 Å². The highest BCUT2D eigenvalue weighted by Crippen LogP contribution is 2.28. The van der Waals surface area contributed by atoms with Gasteiger partial charge in [0, 0.05) is 22.2 Å². The molecule has 0 spiro atoms. The predicted molar refractivity (Wildman–Crippen MR) is 92.1 cm³/mol. The first-order valence-corrected chi connectivity index (χ1v) is 8.11. The second kappa shape index (κ2) is 5.33. The Morgan fingerprint density at radius 1 is 1.22 bits per heavy atom. The van der Waals surface area contributed by atoms with Gasteiger partial charge in [0.25, 0.3) is 5.56 Å². The van der Waals surface area contributed by atoms with Crippen molar-refractivity contribution in [2.75, 3.05) is 0 Å². The minimum absolute atomic E-state index is 0.191. The van der Waals surface area contributed by atoms with Gasteiger partial charge in [-0.1, -0.05) is 23.7 Å². The van der Waals surface area contributed by atoms with Crippen molar-refractivity contribution in [1.82, 2.24) is 19.6 Å². The molecule has 0 unspecified atom stereocenters. The number of benzene rings is 1. The number of aryl methyl sites for hydroxylation is 1. The second-order valence-electron chi connectivity index (χ2n) is 5.12. The van der Waals surface area contributed by atoms with Crippen molar-refractivity contribution in [1.29, 1.82) is 0 Å². The first-order valence-electron chi connectivity index (χ1n) is 6.91. The molecular formula is C16H11ClN4OS. The highest BCUT2D eigenvalue weighted by molar-refractivity contribution is 7.15. The van der Waals surface area contributed by atoms with E-state index >= 15 is 0 Å². The fourth-order valence-corrected chi connectivity index (χ4v) is 3.31. The van der Waals surface area contributed by atoms with Crippen LogP contribution in [0.5, 0.6) is 0 Å². The summed E-state index contributed by atoms with van der Waals surface area (Å²) in [6.45, 7) is 1.99. The molecule has 0 saturated heterocycles. The Morgan fingerprint density at radius 3 is 2.70 bits per heavy atom. The summed E-state index contributed by atoms with van der Waals surface area (Å²) in [4.78, 5) is 21.1. The normalized spacial score (nSPS) is 11.2. The van der Waals surface area contributed by atoms with E-state index < -0.39 is 0 Å². The van der Waals surface area contributed by atoms with Gasteiger partial charge in [0.15, 0.2) is 0 Å². The van der Waals surface area contributed by atoms with Crippen LogP contribution >= 0.6 is 22.9 Å². The van der Waals surface area contributed by atoms with E-state index in [1.54, 1.807) is 29.7 Å². The Labute approximate surface area is 140 Å². The molecule has 1 N–H and O–H groups in total. The quantitative estimate of drug-likeness (QED) is 0.603. The van der Waals surface area contributed by atoms with Gasteiger partial charge in [0.2, 0.25) is 0 Å². The molecule has 23 heavy (non-hydrogen) atoms. The van der Waals surface area contributed by atoms with E-state index in [1.165, 1.54) is 10.6 Å². The standard InChI is InChI=1S/C16H11ClN4OS/c1-9-7-18-16(23-9)12-8-19-21-14(22)6-13(20-15(12)21)10-2-4-11(17)5-3-10/h2-8,20H,1H3. The molecule has 0 fully saturated rings. The number of aromatic nitrogens is 4. The van der Waals surface area contributed by atoms with Crippen molar-refractivity contribution in [3.05, 3.63) is 63.0 Å². The topological polar surface area (TPSA) is 63.1 Å². The third-order valence-corrected chi connectivity index (χ3v) is 4.70. The van der Waals surface area contributed by atoms with Crippen LogP contribution in [-0.4, -0.2) is 19.6 Å². The van der Waals surface area contributed by atoms with E-state index in [0.29, 0.717) is 16.4 Å². The molecule has 114 valence electrons. The minimum Gasteiger partial charge on any atom is -0.339 e. The molecule has 0 saturated carbocycles. The number of fused-ring (bicyclic) bond motifs is 1. The predicted octanol–water partition coefficient (Wildman–Crippen LogP) is 3.77. The number of nitrogens with one attached hydrogen (secondary N) is 1. The molecule has 0 amide bonds. The Bertz CT molecular complexity index is 1060. The highest BCUT2D eigenvalue weighted by atomic mass is 35.5. The van der Waals surface area contributed by atoms with Crippen LogP contribution in [0.25, 0.3) is 27.5 Å². The summed E-state index contributed by atoms with van der Waals surface area (Å²) in [6, 6.07) is 8.85. The van der Waals surface area contributed by atoms with Crippen molar-refractivity contribution in [2.24, 2.45) is 0 Å². The van der Waals surface area contributed by atoms with Crippen LogP contribution < -0.4 is 5.56 Å². The molecule has 5 nitrogen and oxygen atoms in total. The maximum Gasteiger partial charge on any atom is 0.274 e. The van der Waals surface area contributed by atoms with Crippen molar-refractivity contribution in [2.45, 2.75) is 6.92 Å². The molecule has 0 aliphatic carbocycles. The number of halogens is 1. The first-order chi connectivity index (χ1) is 11.1. The SMILES string of the molecule is Cc1cnc(-c2cnn3c(=O)cc(-c4ccc(Cl)cc4)[nH]c23)s1. The summed E-state index contributed by atoms with van der Waals surface area (Å²) in [6.07, 6.45) is 3.47. The number of hydrogen-bond donors (Lipinski definition) is 1. The molecule has 3 aromatic heterocycles. The summed E-state index contributed by atoms with van der Waals surface area (Å²) in [7, 11) is 0.